The summed E-state index contributed by atoms with van der Waals surface area (Å²) in [6, 6.07) is 4.31. The second-order valence-corrected chi connectivity index (χ2v) is 6.74. The number of morpholine rings is 1. The first-order valence-corrected chi connectivity index (χ1v) is 9.47. The number of aromatic nitrogens is 1. The molecule has 0 aromatic carbocycles. The molecule has 1 fully saturated rings. The highest BCUT2D eigenvalue weighted by atomic mass is 16.5. The summed E-state index contributed by atoms with van der Waals surface area (Å²) in [5.74, 6) is 2.02. The first-order valence-electron chi connectivity index (χ1n) is 9.47. The normalized spacial score (nSPS) is 17.2. The number of methoxy groups -OCH3 is 1. The molecule has 1 saturated heterocycles. The van der Waals surface area contributed by atoms with E-state index in [1.807, 2.05) is 12.1 Å². The van der Waals surface area contributed by atoms with Crippen LogP contribution in [0.1, 0.15) is 26.3 Å². The molecule has 7 nitrogen and oxygen atoms in total. The number of aliphatic imine (C=N–C) groups is 1. The van der Waals surface area contributed by atoms with Crippen LogP contribution >= 0.6 is 0 Å². The predicted octanol–water partition coefficient (Wildman–Crippen LogP) is 1.50. The summed E-state index contributed by atoms with van der Waals surface area (Å²) in [6.07, 6.45) is 1.80. The molecule has 7 heteroatoms. The maximum Gasteiger partial charge on any atom is 0.212 e. The van der Waals surface area contributed by atoms with E-state index in [4.69, 9.17) is 9.47 Å². The lowest BCUT2D eigenvalue weighted by Gasteiger charge is -2.37. The molecule has 0 aliphatic carbocycles. The van der Waals surface area contributed by atoms with Crippen LogP contribution in [-0.2, 0) is 11.3 Å². The summed E-state index contributed by atoms with van der Waals surface area (Å²) in [5.41, 5.74) is 1.05. The van der Waals surface area contributed by atoms with E-state index in [-0.39, 0.29) is 0 Å². The van der Waals surface area contributed by atoms with Gasteiger partial charge in [0.15, 0.2) is 5.96 Å². The van der Waals surface area contributed by atoms with Crippen LogP contribution in [0.5, 0.6) is 5.88 Å². The third-order valence-corrected chi connectivity index (χ3v) is 4.53. The van der Waals surface area contributed by atoms with Crippen LogP contribution in [0.15, 0.2) is 23.3 Å². The van der Waals surface area contributed by atoms with Gasteiger partial charge in [-0.15, -0.1) is 0 Å². The molecule has 2 N–H and O–H groups in total. The van der Waals surface area contributed by atoms with Crippen molar-refractivity contribution in [2.24, 2.45) is 10.9 Å². The van der Waals surface area contributed by atoms with Gasteiger partial charge < -0.3 is 20.1 Å². The summed E-state index contributed by atoms with van der Waals surface area (Å²) < 4.78 is 10.6. The van der Waals surface area contributed by atoms with Crippen molar-refractivity contribution in [3.8, 4) is 5.88 Å². The van der Waals surface area contributed by atoms with Crippen molar-refractivity contribution in [2.45, 2.75) is 33.4 Å². The zero-order valence-corrected chi connectivity index (χ0v) is 16.5. The fourth-order valence-electron chi connectivity index (χ4n) is 3.03. The second kappa shape index (κ2) is 11.0. The summed E-state index contributed by atoms with van der Waals surface area (Å²) in [5, 5.41) is 6.83. The van der Waals surface area contributed by atoms with Gasteiger partial charge in [-0.05, 0) is 18.4 Å². The van der Waals surface area contributed by atoms with Crippen molar-refractivity contribution in [3.05, 3.63) is 23.9 Å². The van der Waals surface area contributed by atoms with Gasteiger partial charge in [0.05, 0.1) is 26.9 Å². The molecule has 1 aliphatic heterocycles. The monoisotopic (exact) mass is 363 g/mol. The van der Waals surface area contributed by atoms with Gasteiger partial charge in [-0.3, -0.25) is 4.90 Å². The largest absolute Gasteiger partial charge is 0.481 e. The summed E-state index contributed by atoms with van der Waals surface area (Å²) in [7, 11) is 1.62. The van der Waals surface area contributed by atoms with Gasteiger partial charge in [-0.2, -0.15) is 0 Å². The number of nitrogens with one attached hydrogen (secondary N) is 2. The first kappa shape index (κ1) is 20.5. The molecule has 0 bridgehead atoms. The molecule has 1 aromatic heterocycles. The topological polar surface area (TPSA) is 71.0 Å². The van der Waals surface area contributed by atoms with Gasteiger partial charge in [0.2, 0.25) is 5.88 Å². The highest BCUT2D eigenvalue weighted by Gasteiger charge is 2.23. The van der Waals surface area contributed by atoms with Crippen molar-refractivity contribution < 1.29 is 9.47 Å². The van der Waals surface area contributed by atoms with Crippen LogP contribution < -0.4 is 15.4 Å². The highest BCUT2D eigenvalue weighted by Crippen LogP contribution is 2.12. The molecular weight excluding hydrogens is 330 g/mol. The van der Waals surface area contributed by atoms with Crippen molar-refractivity contribution in [3.63, 3.8) is 0 Å². The number of hydrogen-bond acceptors (Lipinski definition) is 5. The van der Waals surface area contributed by atoms with Crippen molar-refractivity contribution in [1.29, 1.82) is 0 Å². The number of ether oxygens (including phenoxy) is 2. The Morgan fingerprint density at radius 1 is 1.31 bits per heavy atom. The van der Waals surface area contributed by atoms with E-state index >= 15 is 0 Å². The minimum Gasteiger partial charge on any atom is -0.481 e. The molecule has 1 unspecified atom stereocenters. The molecule has 0 amide bonds. The standard InChI is InChI=1S/C19H33N5O2/c1-5-20-19(22-13-16-6-7-18(25-4)21-12-16)23-14-17(15(2)3)24-8-10-26-11-9-24/h6-7,12,15,17H,5,8-11,13-14H2,1-4H3,(H2,20,22,23). The van der Waals surface area contributed by atoms with Crippen LogP contribution in [0, 0.1) is 5.92 Å². The predicted molar refractivity (Wildman–Crippen MR) is 105 cm³/mol. The maximum atomic E-state index is 5.48. The van der Waals surface area contributed by atoms with Gasteiger partial charge in [0, 0.05) is 44.5 Å². The van der Waals surface area contributed by atoms with E-state index in [9.17, 15) is 0 Å². The van der Waals surface area contributed by atoms with Crippen LogP contribution in [-0.4, -0.2) is 68.4 Å². The SMILES string of the molecule is CCNC(=NCc1ccc(OC)nc1)NCC(C(C)C)N1CCOCC1. The Bertz CT molecular complexity index is 541. The lowest BCUT2D eigenvalue weighted by Crippen LogP contribution is -2.52. The molecule has 2 rings (SSSR count). The smallest absolute Gasteiger partial charge is 0.212 e. The average molecular weight is 364 g/mol. The minimum absolute atomic E-state index is 0.463. The van der Waals surface area contributed by atoms with Gasteiger partial charge in [0.25, 0.3) is 0 Å². The fraction of sp³-hybridized carbons (Fsp3) is 0.684. The lowest BCUT2D eigenvalue weighted by atomic mass is 10.0. The quantitative estimate of drug-likeness (QED) is 0.539. The Balaban J connectivity index is 1.93. The Hall–Kier alpha value is -1.86. The van der Waals surface area contributed by atoms with E-state index < -0.39 is 0 Å². The van der Waals surface area contributed by atoms with Crippen molar-refractivity contribution in [2.75, 3.05) is 46.5 Å². The van der Waals surface area contributed by atoms with E-state index in [1.165, 1.54) is 0 Å². The van der Waals surface area contributed by atoms with Crippen molar-refractivity contribution in [1.82, 2.24) is 20.5 Å². The third-order valence-electron chi connectivity index (χ3n) is 4.53. The molecule has 0 saturated carbocycles. The number of hydrogen-bond donors (Lipinski definition) is 2. The molecule has 0 radical (unpaired) electrons. The first-order chi connectivity index (χ1) is 12.6. The number of rotatable bonds is 8. The van der Waals surface area contributed by atoms with Crippen LogP contribution in [0.2, 0.25) is 0 Å². The molecule has 1 atom stereocenters. The van der Waals surface area contributed by atoms with E-state index in [0.717, 1.165) is 50.9 Å². The Kier molecular flexibility index (Phi) is 8.64. The number of pyridine rings is 1. The average Bonchev–Trinajstić information content (AvgIpc) is 2.67. The molecule has 1 aliphatic rings. The van der Waals surface area contributed by atoms with Crippen LogP contribution in [0.4, 0.5) is 0 Å². The lowest BCUT2D eigenvalue weighted by molar-refractivity contribution is 0.00752. The second-order valence-electron chi connectivity index (χ2n) is 6.74. The fourth-order valence-corrected chi connectivity index (χ4v) is 3.03. The molecular formula is C19H33N5O2. The van der Waals surface area contributed by atoms with Crippen LogP contribution in [0.25, 0.3) is 0 Å². The zero-order chi connectivity index (χ0) is 18.8. The summed E-state index contributed by atoms with van der Waals surface area (Å²) in [4.78, 5) is 11.4. The number of nitrogens with zero attached hydrogens (tertiary/aromatic N) is 3. The summed E-state index contributed by atoms with van der Waals surface area (Å²) >= 11 is 0. The van der Waals surface area contributed by atoms with Crippen molar-refractivity contribution >= 4 is 5.96 Å². The maximum absolute atomic E-state index is 5.48. The summed E-state index contributed by atoms with van der Waals surface area (Å²) in [6.45, 7) is 12.5. The van der Waals surface area contributed by atoms with E-state index in [0.29, 0.717) is 24.4 Å². The van der Waals surface area contributed by atoms with E-state index in [1.54, 1.807) is 13.3 Å². The van der Waals surface area contributed by atoms with E-state index in [2.05, 4.69) is 46.3 Å². The van der Waals surface area contributed by atoms with Gasteiger partial charge in [0.1, 0.15) is 0 Å². The Morgan fingerprint density at radius 3 is 2.65 bits per heavy atom. The van der Waals surface area contributed by atoms with Crippen LogP contribution in [0.3, 0.4) is 0 Å². The molecule has 0 spiro atoms. The Morgan fingerprint density at radius 2 is 2.08 bits per heavy atom. The molecule has 26 heavy (non-hydrogen) atoms. The molecule has 1 aromatic rings. The highest BCUT2D eigenvalue weighted by molar-refractivity contribution is 5.79. The van der Waals surface area contributed by atoms with Gasteiger partial charge in [-0.25, -0.2) is 9.98 Å². The molecule has 2 heterocycles. The van der Waals surface area contributed by atoms with Gasteiger partial charge >= 0.3 is 0 Å². The zero-order valence-electron chi connectivity index (χ0n) is 16.5. The number of guanidine groups is 1. The third kappa shape index (κ3) is 6.46. The molecule has 146 valence electrons. The minimum atomic E-state index is 0.463. The van der Waals surface area contributed by atoms with Gasteiger partial charge in [-0.1, -0.05) is 19.9 Å². The Labute approximate surface area is 157 Å².